The Hall–Kier alpha value is -1.29. The van der Waals surface area contributed by atoms with Gasteiger partial charge in [-0.3, -0.25) is 0 Å². The van der Waals surface area contributed by atoms with Crippen molar-refractivity contribution in [3.63, 3.8) is 0 Å². The summed E-state index contributed by atoms with van der Waals surface area (Å²) in [6.07, 6.45) is 2.64. The summed E-state index contributed by atoms with van der Waals surface area (Å²) in [6.45, 7) is 3.57. The van der Waals surface area contributed by atoms with E-state index in [4.69, 9.17) is 4.74 Å². The predicted molar refractivity (Wildman–Crippen MR) is 56.2 cm³/mol. The monoisotopic (exact) mass is 212 g/mol. The number of rotatable bonds is 3. The number of hydrogen-bond acceptors (Lipinski definition) is 3. The Kier molecular flexibility index (Phi) is 2.96. The van der Waals surface area contributed by atoms with Gasteiger partial charge in [0, 0.05) is 11.8 Å². The molecule has 0 atom stereocenters. The summed E-state index contributed by atoms with van der Waals surface area (Å²) in [4.78, 5) is 0.242. The highest BCUT2D eigenvalue weighted by atomic mass is 32.2. The number of ether oxygens (including phenoxy) is 1. The molecule has 4 heteroatoms. The maximum Gasteiger partial charge on any atom is 0.176 e. The van der Waals surface area contributed by atoms with E-state index in [2.05, 4.69) is 6.58 Å². The lowest BCUT2D eigenvalue weighted by Gasteiger charge is -2.08. The second-order valence-corrected chi connectivity index (χ2v) is 4.83. The molecule has 0 amide bonds. The summed E-state index contributed by atoms with van der Waals surface area (Å²) in [7, 11) is -1.73. The zero-order valence-corrected chi connectivity index (χ0v) is 8.97. The molecule has 0 spiro atoms. The number of benzene rings is 1. The fourth-order valence-electron chi connectivity index (χ4n) is 1.23. The lowest BCUT2D eigenvalue weighted by atomic mass is 10.2. The van der Waals surface area contributed by atoms with Gasteiger partial charge in [-0.15, -0.1) is 0 Å². The zero-order valence-electron chi connectivity index (χ0n) is 8.15. The second kappa shape index (κ2) is 3.84. The molecule has 0 saturated heterocycles. The zero-order chi connectivity index (χ0) is 10.8. The van der Waals surface area contributed by atoms with Gasteiger partial charge in [0.05, 0.1) is 12.0 Å². The van der Waals surface area contributed by atoms with Crippen molar-refractivity contribution in [3.8, 4) is 5.75 Å². The fourth-order valence-corrected chi connectivity index (χ4v) is 2.14. The van der Waals surface area contributed by atoms with Crippen molar-refractivity contribution >= 4 is 15.9 Å². The van der Waals surface area contributed by atoms with E-state index in [-0.39, 0.29) is 4.90 Å². The van der Waals surface area contributed by atoms with Crippen molar-refractivity contribution in [3.05, 3.63) is 30.3 Å². The summed E-state index contributed by atoms with van der Waals surface area (Å²) in [5.41, 5.74) is 0.512. The number of methoxy groups -OCH3 is 1. The average Bonchev–Trinajstić information content (AvgIpc) is 2.15. The van der Waals surface area contributed by atoms with E-state index in [1.54, 1.807) is 12.1 Å². The fraction of sp³-hybridized carbons (Fsp3) is 0.200. The number of sulfone groups is 1. The summed E-state index contributed by atoms with van der Waals surface area (Å²) in [5, 5.41) is 0. The third kappa shape index (κ3) is 1.96. The molecule has 0 fully saturated rings. The van der Waals surface area contributed by atoms with Gasteiger partial charge in [-0.1, -0.05) is 18.7 Å². The highest BCUT2D eigenvalue weighted by Crippen LogP contribution is 2.26. The minimum absolute atomic E-state index is 0.242. The van der Waals surface area contributed by atoms with E-state index in [0.717, 1.165) is 6.26 Å². The minimum atomic E-state index is -3.23. The van der Waals surface area contributed by atoms with Crippen LogP contribution in [0.15, 0.2) is 29.7 Å². The maximum absolute atomic E-state index is 11.4. The van der Waals surface area contributed by atoms with Crippen LogP contribution in [0.2, 0.25) is 0 Å². The van der Waals surface area contributed by atoms with Crippen LogP contribution in [0, 0.1) is 0 Å². The second-order valence-electron chi connectivity index (χ2n) is 2.85. The third-order valence-corrected chi connectivity index (χ3v) is 3.00. The quantitative estimate of drug-likeness (QED) is 0.766. The van der Waals surface area contributed by atoms with Crippen LogP contribution < -0.4 is 4.74 Å². The Bertz CT molecular complexity index is 446. The van der Waals surface area contributed by atoms with Crippen LogP contribution in [0.25, 0.3) is 6.08 Å². The molecule has 0 heterocycles. The Morgan fingerprint density at radius 1 is 1.43 bits per heavy atom. The first kappa shape index (κ1) is 10.8. The van der Waals surface area contributed by atoms with E-state index in [1.807, 2.05) is 0 Å². The van der Waals surface area contributed by atoms with Crippen LogP contribution in [-0.2, 0) is 9.84 Å². The van der Waals surface area contributed by atoms with Crippen molar-refractivity contribution in [2.45, 2.75) is 4.90 Å². The van der Waals surface area contributed by atoms with Crippen molar-refractivity contribution in [1.82, 2.24) is 0 Å². The van der Waals surface area contributed by atoms with E-state index in [0.29, 0.717) is 11.3 Å². The molecule has 1 aromatic carbocycles. The van der Waals surface area contributed by atoms with Crippen molar-refractivity contribution in [2.75, 3.05) is 13.4 Å². The van der Waals surface area contributed by atoms with E-state index < -0.39 is 9.84 Å². The van der Waals surface area contributed by atoms with Gasteiger partial charge in [0.2, 0.25) is 0 Å². The molecule has 1 aromatic rings. The molecule has 0 aliphatic heterocycles. The first-order chi connectivity index (χ1) is 6.50. The van der Waals surface area contributed by atoms with Gasteiger partial charge in [0.1, 0.15) is 5.75 Å². The summed E-state index contributed by atoms with van der Waals surface area (Å²) >= 11 is 0. The minimum Gasteiger partial charge on any atom is -0.496 e. The first-order valence-corrected chi connectivity index (χ1v) is 5.89. The van der Waals surface area contributed by atoms with Gasteiger partial charge in [0.15, 0.2) is 9.84 Å². The molecule has 76 valence electrons. The van der Waals surface area contributed by atoms with E-state index >= 15 is 0 Å². The van der Waals surface area contributed by atoms with Crippen LogP contribution in [0.4, 0.5) is 0 Å². The molecule has 0 aliphatic rings. The molecule has 0 aliphatic carbocycles. The molecule has 0 aromatic heterocycles. The Balaban J connectivity index is 3.53. The molecule has 0 N–H and O–H groups in total. The first-order valence-electron chi connectivity index (χ1n) is 4.00. The van der Waals surface area contributed by atoms with Crippen LogP contribution in [0.3, 0.4) is 0 Å². The van der Waals surface area contributed by atoms with Gasteiger partial charge in [-0.05, 0) is 12.1 Å². The SMILES string of the molecule is C=Cc1c(OC)cccc1S(C)(=O)=O. The predicted octanol–water partition coefficient (Wildman–Crippen LogP) is 1.74. The topological polar surface area (TPSA) is 43.4 Å². The molecular weight excluding hydrogens is 200 g/mol. The Morgan fingerprint density at radius 3 is 2.50 bits per heavy atom. The molecule has 3 nitrogen and oxygen atoms in total. The largest absolute Gasteiger partial charge is 0.496 e. The standard InChI is InChI=1S/C10H12O3S/c1-4-8-9(13-2)6-5-7-10(8)14(3,11)12/h4-7H,1H2,2-3H3. The molecule has 0 radical (unpaired) electrons. The molecular formula is C10H12O3S. The van der Waals surface area contributed by atoms with E-state index in [9.17, 15) is 8.42 Å². The Morgan fingerprint density at radius 2 is 2.07 bits per heavy atom. The maximum atomic E-state index is 11.4. The van der Waals surface area contributed by atoms with Crippen molar-refractivity contribution in [1.29, 1.82) is 0 Å². The van der Waals surface area contributed by atoms with Gasteiger partial charge in [0.25, 0.3) is 0 Å². The molecule has 1 rings (SSSR count). The van der Waals surface area contributed by atoms with Crippen molar-refractivity contribution in [2.24, 2.45) is 0 Å². The van der Waals surface area contributed by atoms with Crippen LogP contribution in [0.5, 0.6) is 5.75 Å². The van der Waals surface area contributed by atoms with E-state index in [1.165, 1.54) is 19.3 Å². The summed E-state index contributed by atoms with van der Waals surface area (Å²) < 4.78 is 27.8. The van der Waals surface area contributed by atoms with Crippen LogP contribution in [0.1, 0.15) is 5.56 Å². The van der Waals surface area contributed by atoms with Crippen molar-refractivity contribution < 1.29 is 13.2 Å². The van der Waals surface area contributed by atoms with Crippen LogP contribution in [-0.4, -0.2) is 21.8 Å². The third-order valence-electron chi connectivity index (χ3n) is 1.85. The molecule has 0 saturated carbocycles. The summed E-state index contributed by atoms with van der Waals surface area (Å²) in [5.74, 6) is 0.517. The van der Waals surface area contributed by atoms with Gasteiger partial charge in [-0.2, -0.15) is 0 Å². The highest BCUT2D eigenvalue weighted by molar-refractivity contribution is 7.90. The lowest BCUT2D eigenvalue weighted by molar-refractivity contribution is 0.412. The average molecular weight is 212 g/mol. The van der Waals surface area contributed by atoms with Gasteiger partial charge >= 0.3 is 0 Å². The highest BCUT2D eigenvalue weighted by Gasteiger charge is 2.14. The number of hydrogen-bond donors (Lipinski definition) is 0. The molecule has 0 bridgehead atoms. The van der Waals surface area contributed by atoms with Gasteiger partial charge in [-0.25, -0.2) is 8.42 Å². The Labute approximate surface area is 83.9 Å². The normalized spacial score (nSPS) is 11.0. The smallest absolute Gasteiger partial charge is 0.176 e. The molecule has 0 unspecified atom stereocenters. The summed E-state index contributed by atoms with van der Waals surface area (Å²) in [6, 6.07) is 4.88. The van der Waals surface area contributed by atoms with Gasteiger partial charge < -0.3 is 4.74 Å². The van der Waals surface area contributed by atoms with Crippen LogP contribution >= 0.6 is 0 Å². The molecule has 14 heavy (non-hydrogen) atoms. The lowest BCUT2D eigenvalue weighted by Crippen LogP contribution is -2.01.